The molecule has 0 radical (unpaired) electrons. The van der Waals surface area contributed by atoms with Crippen LogP contribution in [0.3, 0.4) is 0 Å². The molecule has 15 N–H and O–H groups in total. The number of hydrogen-bond donors (Lipinski definition) is 12. The van der Waals surface area contributed by atoms with Gasteiger partial charge in [-0.1, -0.05) is 68.4 Å². The van der Waals surface area contributed by atoms with Crippen LogP contribution in [-0.4, -0.2) is 113 Å². The van der Waals surface area contributed by atoms with Crippen molar-refractivity contribution < 1.29 is 48.9 Å². The first kappa shape index (κ1) is 49.1. The van der Waals surface area contributed by atoms with E-state index in [9.17, 15) is 43.8 Å². The van der Waals surface area contributed by atoms with Gasteiger partial charge >= 0.3 is 5.97 Å². The maximum atomic E-state index is 14.3. The number of rotatable bonds is 24. The molecule has 3 aromatic rings. The predicted molar refractivity (Wildman–Crippen MR) is 228 cm³/mol. The molecule has 62 heavy (non-hydrogen) atoms. The van der Waals surface area contributed by atoms with Crippen molar-refractivity contribution in [1.29, 1.82) is 0 Å². The van der Waals surface area contributed by atoms with Crippen LogP contribution in [0, 0.1) is 5.92 Å². The second-order valence-electron chi connectivity index (χ2n) is 14.8. The van der Waals surface area contributed by atoms with Crippen LogP contribution < -0.4 is 49.1 Å². The minimum Gasteiger partial charge on any atom is -0.508 e. The van der Waals surface area contributed by atoms with Crippen molar-refractivity contribution in [2.24, 2.45) is 28.1 Å². The minimum atomic E-state index is -1.35. The van der Waals surface area contributed by atoms with Crippen LogP contribution in [0.1, 0.15) is 43.4 Å². The average Bonchev–Trinajstić information content (AvgIpc) is 3.23. The van der Waals surface area contributed by atoms with Crippen molar-refractivity contribution >= 4 is 47.4 Å². The van der Waals surface area contributed by atoms with Crippen LogP contribution in [0.2, 0.25) is 0 Å². The first-order chi connectivity index (χ1) is 29.4. The van der Waals surface area contributed by atoms with E-state index in [2.05, 4.69) is 36.9 Å². The van der Waals surface area contributed by atoms with E-state index >= 15 is 0 Å². The summed E-state index contributed by atoms with van der Waals surface area (Å²) in [5.74, 6) is -6.43. The number of carboxylic acid groups (broad SMARTS) is 1. The maximum absolute atomic E-state index is 14.3. The van der Waals surface area contributed by atoms with Gasteiger partial charge in [-0.15, -0.1) is 0 Å². The van der Waals surface area contributed by atoms with Gasteiger partial charge in [0.25, 0.3) is 0 Å². The second-order valence-corrected chi connectivity index (χ2v) is 14.8. The normalized spacial score (nSPS) is 13.2. The largest absolute Gasteiger partial charge is 0.508 e. The van der Waals surface area contributed by atoms with Gasteiger partial charge in [0, 0.05) is 25.8 Å². The molecule has 0 aliphatic heterocycles. The van der Waals surface area contributed by atoms with Crippen LogP contribution in [0.5, 0.6) is 11.5 Å². The predicted octanol–water partition coefficient (Wildman–Crippen LogP) is -1.58. The van der Waals surface area contributed by atoms with Crippen molar-refractivity contribution in [3.8, 4) is 11.5 Å². The number of benzene rings is 3. The summed E-state index contributed by atoms with van der Waals surface area (Å²) >= 11 is 0. The van der Waals surface area contributed by atoms with Gasteiger partial charge in [0.1, 0.15) is 42.2 Å². The fourth-order valence-electron chi connectivity index (χ4n) is 5.90. The lowest BCUT2D eigenvalue weighted by Crippen LogP contribution is -2.60. The van der Waals surface area contributed by atoms with Crippen molar-refractivity contribution in [3.63, 3.8) is 0 Å². The summed E-state index contributed by atoms with van der Waals surface area (Å²) in [6.45, 7) is 2.26. The first-order valence-corrected chi connectivity index (χ1v) is 19.8. The molecule has 6 amide bonds. The number of nitrogens with two attached hydrogens (primary N) is 3. The van der Waals surface area contributed by atoms with Crippen LogP contribution >= 0.6 is 0 Å². The van der Waals surface area contributed by atoms with E-state index in [1.54, 1.807) is 56.3 Å². The Morgan fingerprint density at radius 1 is 0.581 bits per heavy atom. The Morgan fingerprint density at radius 2 is 1.02 bits per heavy atom. The third kappa shape index (κ3) is 17.6. The van der Waals surface area contributed by atoms with E-state index in [4.69, 9.17) is 22.3 Å². The zero-order valence-corrected chi connectivity index (χ0v) is 34.5. The molecule has 0 saturated carbocycles. The Labute approximate surface area is 358 Å². The topological polar surface area (TPSA) is 343 Å². The average molecular weight is 861 g/mol. The Kier molecular flexibility index (Phi) is 19.6. The molecule has 0 saturated heterocycles. The fourth-order valence-corrected chi connectivity index (χ4v) is 5.90. The number of aliphatic imine (C=N–C) groups is 1. The molecule has 20 nitrogen and oxygen atoms in total. The summed E-state index contributed by atoms with van der Waals surface area (Å²) in [4.78, 5) is 96.2. The molecule has 3 aromatic carbocycles. The van der Waals surface area contributed by atoms with E-state index in [1.807, 2.05) is 0 Å². The van der Waals surface area contributed by atoms with Gasteiger partial charge in [-0.05, 0) is 59.7 Å². The summed E-state index contributed by atoms with van der Waals surface area (Å²) in [6.07, 6.45) is -0.0948. The molecular weight excluding hydrogens is 805 g/mol. The minimum absolute atomic E-state index is 0.0140. The summed E-state index contributed by atoms with van der Waals surface area (Å²) in [7, 11) is 0. The molecule has 0 aliphatic carbocycles. The lowest BCUT2D eigenvalue weighted by atomic mass is 10.0. The molecule has 3 rings (SSSR count). The lowest BCUT2D eigenvalue weighted by Gasteiger charge is -2.27. The zero-order valence-electron chi connectivity index (χ0n) is 34.5. The number of nitrogens with zero attached hydrogens (tertiary/aromatic N) is 1. The SMILES string of the molecule is CC(C)[C@H](N)C(=O)N[C@@H](Cc1ccc(O)cc1)C(=O)N[C@@H](CCCN=C(N)N)C(=O)N[C@@H](Cc1ccccc1)C(=O)N[C@@H](Cc1ccc(O)cc1)C(=O)NCC(=O)NCC(=O)O. The molecule has 0 spiro atoms. The number of aliphatic carboxylic acids is 1. The molecule has 0 aliphatic rings. The Morgan fingerprint density at radius 3 is 1.48 bits per heavy atom. The maximum Gasteiger partial charge on any atom is 0.322 e. The van der Waals surface area contributed by atoms with Crippen LogP contribution in [0.25, 0.3) is 0 Å². The highest BCUT2D eigenvalue weighted by molar-refractivity contribution is 5.96. The quantitative estimate of drug-likeness (QED) is 0.0275. The summed E-state index contributed by atoms with van der Waals surface area (Å²) < 4.78 is 0. The number of amides is 6. The van der Waals surface area contributed by atoms with Gasteiger partial charge in [0.2, 0.25) is 35.4 Å². The Hall–Kier alpha value is -7.22. The smallest absolute Gasteiger partial charge is 0.322 e. The number of nitrogens with one attached hydrogen (secondary N) is 6. The first-order valence-electron chi connectivity index (χ1n) is 19.8. The molecule has 0 bridgehead atoms. The van der Waals surface area contributed by atoms with Gasteiger partial charge in [-0.2, -0.15) is 0 Å². The van der Waals surface area contributed by atoms with Crippen LogP contribution in [0.15, 0.2) is 83.9 Å². The van der Waals surface area contributed by atoms with Gasteiger partial charge in [0.05, 0.1) is 12.6 Å². The third-order valence-electron chi connectivity index (χ3n) is 9.39. The number of phenols is 2. The highest BCUT2D eigenvalue weighted by Gasteiger charge is 2.33. The molecule has 0 aromatic heterocycles. The van der Waals surface area contributed by atoms with Gasteiger partial charge in [-0.3, -0.25) is 38.6 Å². The van der Waals surface area contributed by atoms with Crippen LogP contribution in [0.4, 0.5) is 0 Å². The molecule has 0 fully saturated rings. The van der Waals surface area contributed by atoms with Crippen molar-refractivity contribution in [2.75, 3.05) is 19.6 Å². The summed E-state index contributed by atoms with van der Waals surface area (Å²) in [6, 6.07) is 14.2. The second kappa shape index (κ2) is 24.8. The number of hydrogen-bond acceptors (Lipinski definition) is 11. The number of carbonyl (C=O) groups is 7. The molecular formula is C42H56N10O10. The van der Waals surface area contributed by atoms with Gasteiger partial charge in [0.15, 0.2) is 5.96 Å². The molecule has 334 valence electrons. The van der Waals surface area contributed by atoms with E-state index in [-0.39, 0.29) is 62.0 Å². The van der Waals surface area contributed by atoms with E-state index in [0.29, 0.717) is 16.7 Å². The van der Waals surface area contributed by atoms with Gasteiger partial charge < -0.3 is 64.4 Å². The zero-order chi connectivity index (χ0) is 45.8. The molecule has 5 atom stereocenters. The Balaban J connectivity index is 1.95. The highest BCUT2D eigenvalue weighted by Crippen LogP contribution is 2.14. The number of guanidine groups is 1. The summed E-state index contributed by atoms with van der Waals surface area (Å²) in [5.41, 5.74) is 18.8. The van der Waals surface area contributed by atoms with E-state index < -0.39 is 84.7 Å². The van der Waals surface area contributed by atoms with Crippen molar-refractivity contribution in [3.05, 3.63) is 95.6 Å². The standard InChI is InChI=1S/C42H56N10O10/c1-24(2)36(43)41(62)52-33(21-27-12-16-29(54)17-13-27)39(60)49-30(9-6-18-46-42(44)45)38(59)51-32(19-25-7-4-3-5-8-25)40(61)50-31(20-26-10-14-28(53)15-11-26)37(58)48-22-34(55)47-23-35(56)57/h3-5,7-8,10-17,24,30-33,36,53-54H,6,9,18-23,43H2,1-2H3,(H,47,55)(H,48,58)(H,49,60)(H,50,61)(H,51,59)(H,52,62)(H,56,57)(H4,44,45,46)/t30-,31-,32-,33-,36-/m0/s1. The number of carboxylic acids is 1. The molecule has 0 unspecified atom stereocenters. The fraction of sp³-hybridized carbons (Fsp3) is 0.381. The number of phenolic OH excluding ortho intramolecular Hbond substituents is 2. The lowest BCUT2D eigenvalue weighted by molar-refractivity contribution is -0.138. The van der Waals surface area contributed by atoms with Crippen LogP contribution in [-0.2, 0) is 52.8 Å². The third-order valence-corrected chi connectivity index (χ3v) is 9.39. The molecule has 0 heterocycles. The van der Waals surface area contributed by atoms with Crippen molar-refractivity contribution in [2.45, 2.75) is 76.2 Å². The Bertz CT molecular complexity index is 2010. The highest BCUT2D eigenvalue weighted by atomic mass is 16.4. The van der Waals surface area contributed by atoms with Crippen molar-refractivity contribution in [1.82, 2.24) is 31.9 Å². The van der Waals surface area contributed by atoms with Gasteiger partial charge in [-0.25, -0.2) is 0 Å². The number of carbonyl (C=O) groups excluding carboxylic acids is 6. The van der Waals surface area contributed by atoms with E-state index in [0.717, 1.165) is 0 Å². The monoisotopic (exact) mass is 860 g/mol. The van der Waals surface area contributed by atoms with E-state index in [1.165, 1.54) is 36.4 Å². The number of aromatic hydroxyl groups is 2. The summed E-state index contributed by atoms with van der Waals surface area (Å²) in [5, 5.41) is 43.7. The molecule has 20 heteroatoms.